The van der Waals surface area contributed by atoms with Crippen LogP contribution in [-0.2, 0) is 16.0 Å². The Balaban J connectivity index is 1.69. The monoisotopic (exact) mass is 372 g/mol. The number of carbonyl (C=O) groups excluding carboxylic acids is 2. The molecule has 0 atom stereocenters. The van der Waals surface area contributed by atoms with Crippen molar-refractivity contribution in [1.29, 1.82) is 0 Å². The molecule has 1 aliphatic rings. The minimum absolute atomic E-state index is 0.00148. The predicted octanol–water partition coefficient (Wildman–Crippen LogP) is 3.85. The van der Waals surface area contributed by atoms with Crippen LogP contribution in [0, 0.1) is 0 Å². The molecular weight excluding hydrogens is 354 g/mol. The van der Waals surface area contributed by atoms with Gasteiger partial charge in [-0.2, -0.15) is 8.78 Å². The molecule has 0 aliphatic carbocycles. The molecule has 0 fully saturated rings. The van der Waals surface area contributed by atoms with Crippen molar-refractivity contribution in [2.75, 3.05) is 16.8 Å². The Morgan fingerprint density at radius 3 is 2.74 bits per heavy atom. The van der Waals surface area contributed by atoms with E-state index in [0.717, 1.165) is 17.7 Å². The summed E-state index contributed by atoms with van der Waals surface area (Å²) < 4.78 is 29.3. The van der Waals surface area contributed by atoms with E-state index in [1.807, 2.05) is 6.07 Å². The van der Waals surface area contributed by atoms with Gasteiger partial charge in [-0.3, -0.25) is 9.59 Å². The predicted molar refractivity (Wildman–Crippen MR) is 98.9 cm³/mol. The molecule has 0 radical (unpaired) electrons. The van der Waals surface area contributed by atoms with Crippen molar-refractivity contribution in [2.45, 2.75) is 20.0 Å². The van der Waals surface area contributed by atoms with Gasteiger partial charge in [0, 0.05) is 36.5 Å². The lowest BCUT2D eigenvalue weighted by atomic mass is 10.1. The first-order valence-electron chi connectivity index (χ1n) is 8.38. The summed E-state index contributed by atoms with van der Waals surface area (Å²) in [6.45, 7) is -0.789. The van der Waals surface area contributed by atoms with E-state index in [-0.39, 0.29) is 11.7 Å². The van der Waals surface area contributed by atoms with Crippen LogP contribution in [0.25, 0.3) is 6.08 Å². The van der Waals surface area contributed by atoms with Crippen molar-refractivity contribution in [3.05, 3.63) is 59.7 Å². The van der Waals surface area contributed by atoms with E-state index in [2.05, 4.69) is 10.1 Å². The molecule has 2 amide bonds. The van der Waals surface area contributed by atoms with Gasteiger partial charge in [0.2, 0.25) is 11.8 Å². The molecule has 0 saturated carbocycles. The van der Waals surface area contributed by atoms with Gasteiger partial charge in [-0.05, 0) is 42.3 Å². The third-order valence-electron chi connectivity index (χ3n) is 4.17. The average molecular weight is 372 g/mol. The number of hydrogen-bond donors (Lipinski definition) is 1. The van der Waals surface area contributed by atoms with Gasteiger partial charge in [-0.15, -0.1) is 0 Å². The van der Waals surface area contributed by atoms with Crippen LogP contribution in [0.5, 0.6) is 5.75 Å². The van der Waals surface area contributed by atoms with Gasteiger partial charge in [0.05, 0.1) is 0 Å². The summed E-state index contributed by atoms with van der Waals surface area (Å²) >= 11 is 0. The zero-order chi connectivity index (χ0) is 19.4. The van der Waals surface area contributed by atoms with Crippen molar-refractivity contribution in [1.82, 2.24) is 0 Å². The Bertz CT molecular complexity index is 897. The molecule has 3 rings (SSSR count). The highest BCUT2D eigenvalue weighted by atomic mass is 19.3. The van der Waals surface area contributed by atoms with Crippen molar-refractivity contribution >= 4 is 29.3 Å². The van der Waals surface area contributed by atoms with Crippen LogP contribution >= 0.6 is 0 Å². The summed E-state index contributed by atoms with van der Waals surface area (Å²) in [5.41, 5.74) is 2.82. The van der Waals surface area contributed by atoms with Gasteiger partial charge in [0.25, 0.3) is 0 Å². The van der Waals surface area contributed by atoms with E-state index in [0.29, 0.717) is 17.8 Å². The second-order valence-corrected chi connectivity index (χ2v) is 6.00. The van der Waals surface area contributed by atoms with Crippen molar-refractivity contribution in [3.8, 4) is 5.75 Å². The SMILES string of the molecule is CC(=O)N1CCc2cc(NC(=O)/C=C/c3ccccc3OC(F)F)ccc21. The number of anilines is 2. The van der Waals surface area contributed by atoms with Gasteiger partial charge in [0.15, 0.2) is 0 Å². The lowest BCUT2D eigenvalue weighted by molar-refractivity contribution is -0.116. The number of nitrogens with zero attached hydrogens (tertiary/aromatic N) is 1. The van der Waals surface area contributed by atoms with Crippen LogP contribution in [0.2, 0.25) is 0 Å². The van der Waals surface area contributed by atoms with E-state index in [1.54, 1.807) is 35.2 Å². The van der Waals surface area contributed by atoms with E-state index >= 15 is 0 Å². The fourth-order valence-electron chi connectivity index (χ4n) is 2.98. The molecule has 0 unspecified atom stereocenters. The Hall–Kier alpha value is -3.22. The third-order valence-corrected chi connectivity index (χ3v) is 4.17. The first-order valence-corrected chi connectivity index (χ1v) is 8.38. The van der Waals surface area contributed by atoms with Gasteiger partial charge >= 0.3 is 6.61 Å². The van der Waals surface area contributed by atoms with Crippen molar-refractivity contribution in [3.63, 3.8) is 0 Å². The first kappa shape index (κ1) is 18.6. The number of para-hydroxylation sites is 1. The van der Waals surface area contributed by atoms with Crippen molar-refractivity contribution in [2.24, 2.45) is 0 Å². The molecule has 27 heavy (non-hydrogen) atoms. The fraction of sp³-hybridized carbons (Fsp3) is 0.200. The van der Waals surface area contributed by atoms with E-state index < -0.39 is 12.5 Å². The van der Waals surface area contributed by atoms with E-state index in [1.165, 1.54) is 25.1 Å². The average Bonchev–Trinajstić information content (AvgIpc) is 3.04. The minimum atomic E-state index is -2.94. The van der Waals surface area contributed by atoms with Gasteiger partial charge < -0.3 is 15.0 Å². The molecule has 5 nitrogen and oxygen atoms in total. The number of rotatable bonds is 5. The molecule has 2 aromatic rings. The zero-order valence-electron chi connectivity index (χ0n) is 14.6. The molecular formula is C20H18F2N2O3. The highest BCUT2D eigenvalue weighted by molar-refractivity contribution is 6.02. The van der Waals surface area contributed by atoms with Crippen LogP contribution in [0.1, 0.15) is 18.1 Å². The maximum atomic E-state index is 12.4. The van der Waals surface area contributed by atoms with E-state index in [9.17, 15) is 18.4 Å². The highest BCUT2D eigenvalue weighted by Gasteiger charge is 2.22. The second kappa shape index (κ2) is 7.99. The first-order chi connectivity index (χ1) is 12.9. The summed E-state index contributed by atoms with van der Waals surface area (Å²) in [4.78, 5) is 25.4. The van der Waals surface area contributed by atoms with E-state index in [4.69, 9.17) is 0 Å². The number of nitrogens with one attached hydrogen (secondary N) is 1. The van der Waals surface area contributed by atoms with Crippen LogP contribution in [0.15, 0.2) is 48.5 Å². The standard InChI is InChI=1S/C20H18F2N2O3/c1-13(25)24-11-10-15-12-16(7-8-17(15)24)23-19(26)9-6-14-4-2-3-5-18(14)27-20(21)22/h2-9,12,20H,10-11H2,1H3,(H,23,26)/b9-6+. The fourth-order valence-corrected chi connectivity index (χ4v) is 2.98. The number of carbonyl (C=O) groups is 2. The quantitative estimate of drug-likeness (QED) is 0.811. The maximum absolute atomic E-state index is 12.4. The molecule has 7 heteroatoms. The molecule has 0 bridgehead atoms. The lowest BCUT2D eigenvalue weighted by Gasteiger charge is -2.14. The Kier molecular flexibility index (Phi) is 5.49. The molecule has 1 heterocycles. The number of fused-ring (bicyclic) bond motifs is 1. The zero-order valence-corrected chi connectivity index (χ0v) is 14.6. The van der Waals surface area contributed by atoms with Crippen LogP contribution in [-0.4, -0.2) is 25.0 Å². The Labute approximate surface area is 155 Å². The van der Waals surface area contributed by atoms with Gasteiger partial charge in [-0.1, -0.05) is 18.2 Å². The topological polar surface area (TPSA) is 58.6 Å². The summed E-state index contributed by atoms with van der Waals surface area (Å²) in [7, 11) is 0. The summed E-state index contributed by atoms with van der Waals surface area (Å²) in [6.07, 6.45) is 3.40. The maximum Gasteiger partial charge on any atom is 0.387 e. The molecule has 2 aromatic carbocycles. The number of halogens is 2. The van der Waals surface area contributed by atoms with Crippen LogP contribution in [0.3, 0.4) is 0 Å². The number of amides is 2. The molecule has 0 saturated heterocycles. The minimum Gasteiger partial charge on any atom is -0.434 e. The normalized spacial score (nSPS) is 13.1. The largest absolute Gasteiger partial charge is 0.434 e. The Morgan fingerprint density at radius 2 is 2.00 bits per heavy atom. The van der Waals surface area contributed by atoms with Crippen molar-refractivity contribution < 1.29 is 23.1 Å². The number of ether oxygens (including phenoxy) is 1. The smallest absolute Gasteiger partial charge is 0.387 e. The summed E-state index contributed by atoms with van der Waals surface area (Å²) in [5, 5.41) is 2.73. The molecule has 1 N–H and O–H groups in total. The molecule has 1 aliphatic heterocycles. The lowest BCUT2D eigenvalue weighted by Crippen LogP contribution is -2.25. The van der Waals surface area contributed by atoms with Gasteiger partial charge in [0.1, 0.15) is 5.75 Å². The number of hydrogen-bond acceptors (Lipinski definition) is 3. The highest BCUT2D eigenvalue weighted by Crippen LogP contribution is 2.30. The molecule has 140 valence electrons. The molecule has 0 aromatic heterocycles. The van der Waals surface area contributed by atoms with Crippen LogP contribution in [0.4, 0.5) is 20.2 Å². The van der Waals surface area contributed by atoms with Crippen LogP contribution < -0.4 is 15.0 Å². The third kappa shape index (κ3) is 4.49. The summed E-state index contributed by atoms with van der Waals surface area (Å²) in [6, 6.07) is 11.6. The molecule has 0 spiro atoms. The Morgan fingerprint density at radius 1 is 1.22 bits per heavy atom. The number of alkyl halides is 2. The summed E-state index contributed by atoms with van der Waals surface area (Å²) in [5.74, 6) is -0.417. The second-order valence-electron chi connectivity index (χ2n) is 6.00. The number of benzene rings is 2. The van der Waals surface area contributed by atoms with Gasteiger partial charge in [-0.25, -0.2) is 0 Å².